The van der Waals surface area contributed by atoms with Crippen molar-refractivity contribution in [2.75, 3.05) is 25.5 Å². The van der Waals surface area contributed by atoms with E-state index in [1.54, 1.807) is 0 Å². The molecule has 2 saturated heterocycles. The van der Waals surface area contributed by atoms with Crippen LogP contribution < -0.4 is 10.2 Å². The summed E-state index contributed by atoms with van der Waals surface area (Å²) in [4.78, 5) is 9.26. The maximum atomic E-state index is 4.58. The number of hydrogen-bond acceptors (Lipinski definition) is 4. The maximum Gasteiger partial charge on any atom is 0.128 e. The Morgan fingerprint density at radius 2 is 1.90 bits per heavy atom. The Kier molecular flexibility index (Phi) is 4.45. The first-order valence-electron chi connectivity index (χ1n) is 8.28. The molecular formula is C17H28N4. The summed E-state index contributed by atoms with van der Waals surface area (Å²) in [6, 6.07) is 6.60. The van der Waals surface area contributed by atoms with Crippen molar-refractivity contribution in [2.45, 2.75) is 57.3 Å². The van der Waals surface area contributed by atoms with Crippen LogP contribution in [0.25, 0.3) is 0 Å². The molecule has 2 unspecified atom stereocenters. The van der Waals surface area contributed by atoms with Gasteiger partial charge < -0.3 is 10.2 Å². The standard InChI is InChI=1S/C17H28N4/c1-4-20(2)17-8-5-13(11-18-17)12-21(3)16-9-14-6-7-15(10-16)19-14/h5,8,11,14-16,19H,4,6-7,9-10,12H2,1-3H3. The molecule has 4 heteroatoms. The summed E-state index contributed by atoms with van der Waals surface area (Å²) < 4.78 is 0. The molecule has 3 heterocycles. The molecule has 0 aliphatic carbocycles. The predicted molar refractivity (Wildman–Crippen MR) is 87.6 cm³/mol. The zero-order chi connectivity index (χ0) is 14.8. The van der Waals surface area contributed by atoms with E-state index < -0.39 is 0 Å². The van der Waals surface area contributed by atoms with Gasteiger partial charge in [0.1, 0.15) is 5.82 Å². The third kappa shape index (κ3) is 3.38. The first-order valence-corrected chi connectivity index (χ1v) is 8.28. The number of nitrogens with one attached hydrogen (secondary N) is 1. The monoisotopic (exact) mass is 288 g/mol. The van der Waals surface area contributed by atoms with E-state index in [2.05, 4.69) is 53.3 Å². The molecule has 0 aromatic carbocycles. The van der Waals surface area contributed by atoms with Gasteiger partial charge in [0.05, 0.1) is 0 Å². The fourth-order valence-corrected chi connectivity index (χ4v) is 3.70. The molecule has 2 atom stereocenters. The minimum atomic E-state index is 0.724. The van der Waals surface area contributed by atoms with E-state index in [0.717, 1.165) is 37.0 Å². The number of rotatable bonds is 5. The van der Waals surface area contributed by atoms with Crippen molar-refractivity contribution < 1.29 is 0 Å². The van der Waals surface area contributed by atoms with E-state index >= 15 is 0 Å². The predicted octanol–water partition coefficient (Wildman–Crippen LogP) is 2.25. The number of fused-ring (bicyclic) bond motifs is 2. The highest BCUT2D eigenvalue weighted by molar-refractivity contribution is 5.37. The minimum absolute atomic E-state index is 0.724. The fraction of sp³-hybridized carbons (Fsp3) is 0.706. The second-order valence-electron chi connectivity index (χ2n) is 6.72. The van der Waals surface area contributed by atoms with Crippen LogP contribution in [0.5, 0.6) is 0 Å². The highest BCUT2D eigenvalue weighted by Gasteiger charge is 2.34. The van der Waals surface area contributed by atoms with Crippen LogP contribution in [0.4, 0.5) is 5.82 Å². The third-order valence-electron chi connectivity index (χ3n) is 5.18. The van der Waals surface area contributed by atoms with Gasteiger partial charge in [0.15, 0.2) is 0 Å². The van der Waals surface area contributed by atoms with Gasteiger partial charge in [-0.05, 0) is 51.3 Å². The first-order chi connectivity index (χ1) is 10.2. The van der Waals surface area contributed by atoms with Crippen molar-refractivity contribution in [3.63, 3.8) is 0 Å². The Morgan fingerprint density at radius 1 is 1.19 bits per heavy atom. The lowest BCUT2D eigenvalue weighted by Gasteiger charge is -2.35. The molecule has 1 N–H and O–H groups in total. The van der Waals surface area contributed by atoms with Gasteiger partial charge in [0, 0.05) is 44.5 Å². The zero-order valence-electron chi connectivity index (χ0n) is 13.5. The Bertz CT molecular complexity index is 446. The molecule has 2 bridgehead atoms. The first kappa shape index (κ1) is 14.8. The topological polar surface area (TPSA) is 31.4 Å². The Labute approximate surface area is 128 Å². The van der Waals surface area contributed by atoms with Crippen molar-refractivity contribution in [1.29, 1.82) is 0 Å². The molecule has 1 aromatic rings. The molecule has 3 rings (SSSR count). The summed E-state index contributed by atoms with van der Waals surface area (Å²) in [6.07, 6.45) is 7.38. The Balaban J connectivity index is 1.58. The van der Waals surface area contributed by atoms with Crippen LogP contribution in [-0.2, 0) is 6.54 Å². The molecule has 0 radical (unpaired) electrons. The molecule has 116 valence electrons. The normalized spacial score (nSPS) is 28.1. The number of anilines is 1. The Morgan fingerprint density at radius 3 is 2.48 bits per heavy atom. The lowest BCUT2D eigenvalue weighted by Crippen LogP contribution is -2.46. The van der Waals surface area contributed by atoms with Crippen LogP contribution in [0.3, 0.4) is 0 Å². The van der Waals surface area contributed by atoms with Crippen LogP contribution in [0, 0.1) is 0 Å². The van der Waals surface area contributed by atoms with E-state index in [1.165, 1.54) is 31.2 Å². The molecule has 21 heavy (non-hydrogen) atoms. The second kappa shape index (κ2) is 6.32. The van der Waals surface area contributed by atoms with Crippen molar-refractivity contribution in [1.82, 2.24) is 15.2 Å². The molecule has 4 nitrogen and oxygen atoms in total. The van der Waals surface area contributed by atoms with Gasteiger partial charge in [-0.2, -0.15) is 0 Å². The molecule has 2 aliphatic heterocycles. The van der Waals surface area contributed by atoms with Crippen molar-refractivity contribution >= 4 is 5.82 Å². The lowest BCUT2D eigenvalue weighted by atomic mass is 9.98. The smallest absolute Gasteiger partial charge is 0.128 e. The number of hydrogen-bond donors (Lipinski definition) is 1. The quantitative estimate of drug-likeness (QED) is 0.900. The van der Waals surface area contributed by atoms with Crippen LogP contribution in [-0.4, -0.2) is 48.6 Å². The highest BCUT2D eigenvalue weighted by Crippen LogP contribution is 2.29. The third-order valence-corrected chi connectivity index (χ3v) is 5.18. The maximum absolute atomic E-state index is 4.58. The van der Waals surface area contributed by atoms with Crippen molar-refractivity contribution in [3.8, 4) is 0 Å². The van der Waals surface area contributed by atoms with Crippen LogP contribution in [0.1, 0.15) is 38.2 Å². The molecule has 0 amide bonds. The van der Waals surface area contributed by atoms with Gasteiger partial charge in [-0.3, -0.25) is 4.90 Å². The SMILES string of the molecule is CCN(C)c1ccc(CN(C)C2CC3CCC(C2)N3)cn1. The van der Waals surface area contributed by atoms with Crippen LogP contribution >= 0.6 is 0 Å². The lowest BCUT2D eigenvalue weighted by molar-refractivity contribution is 0.166. The molecular weight excluding hydrogens is 260 g/mol. The molecule has 2 fully saturated rings. The number of nitrogens with zero attached hydrogens (tertiary/aromatic N) is 3. The summed E-state index contributed by atoms with van der Waals surface area (Å²) in [6.45, 7) is 4.14. The highest BCUT2D eigenvalue weighted by atomic mass is 15.2. The minimum Gasteiger partial charge on any atom is -0.360 e. The summed E-state index contributed by atoms with van der Waals surface area (Å²) >= 11 is 0. The van der Waals surface area contributed by atoms with Crippen molar-refractivity contribution in [2.24, 2.45) is 0 Å². The zero-order valence-corrected chi connectivity index (χ0v) is 13.5. The largest absolute Gasteiger partial charge is 0.360 e. The van der Waals surface area contributed by atoms with Crippen molar-refractivity contribution in [3.05, 3.63) is 23.9 Å². The van der Waals surface area contributed by atoms with Gasteiger partial charge in [0.2, 0.25) is 0 Å². The van der Waals surface area contributed by atoms with E-state index in [-0.39, 0.29) is 0 Å². The van der Waals surface area contributed by atoms with Gasteiger partial charge in [-0.25, -0.2) is 4.98 Å². The summed E-state index contributed by atoms with van der Waals surface area (Å²) in [7, 11) is 4.35. The molecule has 2 aliphatic rings. The van der Waals surface area contributed by atoms with Crippen LogP contribution in [0.15, 0.2) is 18.3 Å². The molecule has 1 aromatic heterocycles. The Hall–Kier alpha value is -1.13. The summed E-state index contributed by atoms with van der Waals surface area (Å²) in [5.74, 6) is 1.06. The van der Waals surface area contributed by atoms with Crippen LogP contribution in [0.2, 0.25) is 0 Å². The summed E-state index contributed by atoms with van der Waals surface area (Å²) in [5.41, 5.74) is 1.32. The van der Waals surface area contributed by atoms with Gasteiger partial charge >= 0.3 is 0 Å². The van der Waals surface area contributed by atoms with E-state index in [9.17, 15) is 0 Å². The van der Waals surface area contributed by atoms with E-state index in [0.29, 0.717) is 0 Å². The van der Waals surface area contributed by atoms with Gasteiger partial charge in [-0.15, -0.1) is 0 Å². The number of pyridine rings is 1. The average Bonchev–Trinajstić information content (AvgIpc) is 2.85. The number of aromatic nitrogens is 1. The molecule has 0 saturated carbocycles. The van der Waals surface area contributed by atoms with E-state index in [4.69, 9.17) is 0 Å². The fourth-order valence-electron chi connectivity index (χ4n) is 3.70. The summed E-state index contributed by atoms with van der Waals surface area (Å²) in [5, 5.41) is 3.72. The van der Waals surface area contributed by atoms with E-state index in [1.807, 2.05) is 6.20 Å². The second-order valence-corrected chi connectivity index (χ2v) is 6.72. The average molecular weight is 288 g/mol. The van der Waals surface area contributed by atoms with Gasteiger partial charge in [-0.1, -0.05) is 6.07 Å². The number of piperidine rings is 1. The molecule has 0 spiro atoms. The van der Waals surface area contributed by atoms with Gasteiger partial charge in [0.25, 0.3) is 0 Å².